The molecule has 2 aromatic carbocycles. The molecule has 0 radical (unpaired) electrons. The van der Waals surface area contributed by atoms with Gasteiger partial charge >= 0.3 is 0 Å². The molecule has 0 fully saturated rings. The molecule has 0 spiro atoms. The minimum Gasteiger partial charge on any atom is -0.345 e. The van der Waals surface area contributed by atoms with Crippen LogP contribution in [0.25, 0.3) is 0 Å². The second-order valence-corrected chi connectivity index (χ2v) is 6.90. The van der Waals surface area contributed by atoms with E-state index in [-0.39, 0.29) is 11.8 Å². The molecule has 2 aromatic rings. The number of nitrogens with zero attached hydrogens (tertiary/aromatic N) is 1. The standard InChI is InChI=1S/C18H19ClN2O2S/c1-21(2)18(23)13-6-5-7-14(12-13)20-17(22)10-11-24-16-9-4-3-8-15(16)19/h3-9,12H,10-11H2,1-2H3,(H,20,22). The zero-order chi connectivity index (χ0) is 17.5. The zero-order valence-corrected chi connectivity index (χ0v) is 15.2. The number of carbonyl (C=O) groups excluding carboxylic acids is 2. The van der Waals surface area contributed by atoms with Crippen molar-refractivity contribution >= 4 is 40.9 Å². The lowest BCUT2D eigenvalue weighted by molar-refractivity contribution is -0.115. The largest absolute Gasteiger partial charge is 0.345 e. The first-order chi connectivity index (χ1) is 11.5. The molecule has 24 heavy (non-hydrogen) atoms. The summed E-state index contributed by atoms with van der Waals surface area (Å²) in [6, 6.07) is 14.5. The fourth-order valence-corrected chi connectivity index (χ4v) is 3.21. The first kappa shape index (κ1) is 18.4. The first-order valence-corrected chi connectivity index (χ1v) is 8.82. The van der Waals surface area contributed by atoms with Crippen LogP contribution in [-0.4, -0.2) is 36.6 Å². The highest BCUT2D eigenvalue weighted by molar-refractivity contribution is 7.99. The number of thioether (sulfide) groups is 1. The lowest BCUT2D eigenvalue weighted by atomic mass is 10.2. The van der Waals surface area contributed by atoms with Crippen molar-refractivity contribution in [1.29, 1.82) is 0 Å². The number of anilines is 1. The van der Waals surface area contributed by atoms with Crippen LogP contribution in [0.15, 0.2) is 53.4 Å². The topological polar surface area (TPSA) is 49.4 Å². The van der Waals surface area contributed by atoms with Gasteiger partial charge in [0, 0.05) is 42.4 Å². The molecule has 6 heteroatoms. The highest BCUT2D eigenvalue weighted by atomic mass is 35.5. The normalized spacial score (nSPS) is 10.3. The average molecular weight is 363 g/mol. The fourth-order valence-electron chi connectivity index (χ4n) is 2.03. The van der Waals surface area contributed by atoms with E-state index in [1.165, 1.54) is 4.90 Å². The van der Waals surface area contributed by atoms with Crippen molar-refractivity contribution in [1.82, 2.24) is 4.90 Å². The highest BCUT2D eigenvalue weighted by Gasteiger charge is 2.10. The Morgan fingerprint density at radius 3 is 2.58 bits per heavy atom. The molecule has 0 aliphatic carbocycles. The van der Waals surface area contributed by atoms with E-state index in [0.717, 1.165) is 4.90 Å². The molecule has 0 aliphatic rings. The Kier molecular flexibility index (Phi) is 6.70. The van der Waals surface area contributed by atoms with Crippen LogP contribution in [0.4, 0.5) is 5.69 Å². The first-order valence-electron chi connectivity index (χ1n) is 7.46. The summed E-state index contributed by atoms with van der Waals surface area (Å²) in [5.41, 5.74) is 1.17. The molecule has 0 saturated heterocycles. The number of rotatable bonds is 6. The fraction of sp³-hybridized carbons (Fsp3) is 0.222. The molecule has 0 atom stereocenters. The van der Waals surface area contributed by atoms with E-state index in [1.807, 2.05) is 24.3 Å². The maximum Gasteiger partial charge on any atom is 0.253 e. The monoisotopic (exact) mass is 362 g/mol. The van der Waals surface area contributed by atoms with Crippen LogP contribution in [0.3, 0.4) is 0 Å². The van der Waals surface area contributed by atoms with Gasteiger partial charge in [0.1, 0.15) is 0 Å². The number of amides is 2. The van der Waals surface area contributed by atoms with Crippen molar-refractivity contribution in [3.8, 4) is 0 Å². The molecule has 4 nitrogen and oxygen atoms in total. The van der Waals surface area contributed by atoms with Gasteiger partial charge in [-0.3, -0.25) is 9.59 Å². The Morgan fingerprint density at radius 1 is 1.12 bits per heavy atom. The summed E-state index contributed by atoms with van der Waals surface area (Å²) in [6.45, 7) is 0. The quantitative estimate of drug-likeness (QED) is 0.785. The Hall–Kier alpha value is -1.98. The molecular formula is C18H19ClN2O2S. The van der Waals surface area contributed by atoms with Gasteiger partial charge in [-0.1, -0.05) is 29.8 Å². The van der Waals surface area contributed by atoms with E-state index < -0.39 is 0 Å². The molecule has 0 heterocycles. The lowest BCUT2D eigenvalue weighted by Crippen LogP contribution is -2.22. The Balaban J connectivity index is 1.87. The summed E-state index contributed by atoms with van der Waals surface area (Å²) in [6.07, 6.45) is 0.363. The van der Waals surface area contributed by atoms with E-state index >= 15 is 0 Å². The zero-order valence-electron chi connectivity index (χ0n) is 13.6. The molecule has 0 unspecified atom stereocenters. The number of benzene rings is 2. The minimum atomic E-state index is -0.0969. The SMILES string of the molecule is CN(C)C(=O)c1cccc(NC(=O)CCSc2ccccc2Cl)c1. The van der Waals surface area contributed by atoms with Crippen molar-refractivity contribution in [3.63, 3.8) is 0 Å². The predicted molar refractivity (Wildman–Crippen MR) is 99.9 cm³/mol. The summed E-state index contributed by atoms with van der Waals surface area (Å²) in [5, 5.41) is 3.51. The van der Waals surface area contributed by atoms with E-state index in [4.69, 9.17) is 11.6 Å². The van der Waals surface area contributed by atoms with E-state index in [9.17, 15) is 9.59 Å². The molecule has 0 aromatic heterocycles. The van der Waals surface area contributed by atoms with Gasteiger partial charge in [-0.05, 0) is 30.3 Å². The van der Waals surface area contributed by atoms with Crippen molar-refractivity contribution in [3.05, 3.63) is 59.1 Å². The van der Waals surface area contributed by atoms with Gasteiger partial charge in [0.25, 0.3) is 5.91 Å². The number of nitrogens with one attached hydrogen (secondary N) is 1. The molecule has 2 amide bonds. The van der Waals surface area contributed by atoms with Crippen LogP contribution in [0.2, 0.25) is 5.02 Å². The Morgan fingerprint density at radius 2 is 1.88 bits per heavy atom. The number of halogens is 1. The predicted octanol–water partition coefficient (Wildman–Crippen LogP) is 4.16. The van der Waals surface area contributed by atoms with Gasteiger partial charge in [0.2, 0.25) is 5.91 Å². The third kappa shape index (κ3) is 5.28. The van der Waals surface area contributed by atoms with Crippen molar-refractivity contribution in [2.45, 2.75) is 11.3 Å². The van der Waals surface area contributed by atoms with E-state index in [0.29, 0.717) is 28.4 Å². The van der Waals surface area contributed by atoms with Crippen LogP contribution in [-0.2, 0) is 4.79 Å². The maximum absolute atomic E-state index is 12.0. The third-order valence-corrected chi connectivity index (χ3v) is 4.74. The van der Waals surface area contributed by atoms with E-state index in [1.54, 1.807) is 50.1 Å². The molecule has 2 rings (SSSR count). The van der Waals surface area contributed by atoms with Crippen LogP contribution < -0.4 is 5.32 Å². The summed E-state index contributed by atoms with van der Waals surface area (Å²) >= 11 is 7.63. The van der Waals surface area contributed by atoms with Crippen LogP contribution in [0.5, 0.6) is 0 Å². The van der Waals surface area contributed by atoms with Crippen LogP contribution >= 0.6 is 23.4 Å². The van der Waals surface area contributed by atoms with Crippen molar-refractivity contribution in [2.24, 2.45) is 0 Å². The van der Waals surface area contributed by atoms with Crippen molar-refractivity contribution < 1.29 is 9.59 Å². The van der Waals surface area contributed by atoms with Crippen LogP contribution in [0.1, 0.15) is 16.8 Å². The van der Waals surface area contributed by atoms with Crippen LogP contribution in [0, 0.1) is 0 Å². The van der Waals surface area contributed by atoms with E-state index in [2.05, 4.69) is 5.32 Å². The second-order valence-electron chi connectivity index (χ2n) is 5.36. The molecule has 0 aliphatic heterocycles. The second kappa shape index (κ2) is 8.76. The highest BCUT2D eigenvalue weighted by Crippen LogP contribution is 2.27. The van der Waals surface area contributed by atoms with Crippen molar-refractivity contribution in [2.75, 3.05) is 25.2 Å². The average Bonchev–Trinajstić information content (AvgIpc) is 2.56. The summed E-state index contributed by atoms with van der Waals surface area (Å²) in [5.74, 6) is 0.440. The van der Waals surface area contributed by atoms with Gasteiger partial charge in [-0.25, -0.2) is 0 Å². The number of hydrogen-bond donors (Lipinski definition) is 1. The Labute approximate surface area is 151 Å². The molecule has 126 valence electrons. The third-order valence-electron chi connectivity index (χ3n) is 3.22. The van der Waals surface area contributed by atoms with Gasteiger partial charge in [-0.15, -0.1) is 11.8 Å². The summed E-state index contributed by atoms with van der Waals surface area (Å²) < 4.78 is 0. The molecule has 0 bridgehead atoms. The van der Waals surface area contributed by atoms with Gasteiger partial charge < -0.3 is 10.2 Å². The Bertz CT molecular complexity index is 734. The smallest absolute Gasteiger partial charge is 0.253 e. The van der Waals surface area contributed by atoms with Gasteiger partial charge in [0.05, 0.1) is 5.02 Å². The van der Waals surface area contributed by atoms with Gasteiger partial charge in [-0.2, -0.15) is 0 Å². The maximum atomic E-state index is 12.0. The summed E-state index contributed by atoms with van der Waals surface area (Å²) in [7, 11) is 3.39. The van der Waals surface area contributed by atoms with Gasteiger partial charge in [0.15, 0.2) is 0 Å². The minimum absolute atomic E-state index is 0.0935. The lowest BCUT2D eigenvalue weighted by Gasteiger charge is -2.11. The number of carbonyl (C=O) groups is 2. The molecule has 1 N–H and O–H groups in total. The summed E-state index contributed by atoms with van der Waals surface area (Å²) in [4.78, 5) is 26.5. The molecular weight excluding hydrogens is 344 g/mol. The number of hydrogen-bond acceptors (Lipinski definition) is 3. The molecule has 0 saturated carbocycles.